The fourth-order valence-corrected chi connectivity index (χ4v) is 3.99. The van der Waals surface area contributed by atoms with Crippen LogP contribution in [0.25, 0.3) is 0 Å². The molecule has 1 heterocycles. The smallest absolute Gasteiger partial charge is 0.282 e. The average Bonchev–Trinajstić information content (AvgIpc) is 2.79. The first-order valence-electron chi connectivity index (χ1n) is 10.4. The number of methoxy groups -OCH3 is 3. The summed E-state index contributed by atoms with van der Waals surface area (Å²) in [6, 6.07) is 13.5. The van der Waals surface area contributed by atoms with E-state index >= 15 is 0 Å². The molecule has 3 N–H and O–H groups in total. The number of piperazine rings is 1. The summed E-state index contributed by atoms with van der Waals surface area (Å²) in [7, 11) is 4.92. The Morgan fingerprint density at radius 3 is 2.27 bits per heavy atom. The summed E-state index contributed by atoms with van der Waals surface area (Å²) in [4.78, 5) is 15.6. The molecule has 0 bridgehead atoms. The van der Waals surface area contributed by atoms with Crippen molar-refractivity contribution in [2.75, 3.05) is 52.8 Å². The number of rotatable bonds is 8. The molecular formula is C23H33N3O4+2. The van der Waals surface area contributed by atoms with Gasteiger partial charge in [0.2, 0.25) is 0 Å². The first-order chi connectivity index (χ1) is 14.5. The first kappa shape index (κ1) is 21.9. The lowest BCUT2D eigenvalue weighted by Crippen LogP contribution is -3.29. The zero-order valence-corrected chi connectivity index (χ0v) is 18.3. The Morgan fingerprint density at radius 2 is 1.60 bits per heavy atom. The minimum absolute atomic E-state index is 0.0258. The van der Waals surface area contributed by atoms with E-state index < -0.39 is 0 Å². The highest BCUT2D eigenvalue weighted by atomic mass is 16.5. The van der Waals surface area contributed by atoms with E-state index in [4.69, 9.17) is 14.2 Å². The van der Waals surface area contributed by atoms with Gasteiger partial charge >= 0.3 is 0 Å². The van der Waals surface area contributed by atoms with Gasteiger partial charge in [0, 0.05) is 5.56 Å². The Bertz CT molecular complexity index is 850. The van der Waals surface area contributed by atoms with Crippen molar-refractivity contribution in [1.82, 2.24) is 0 Å². The highest BCUT2D eigenvalue weighted by molar-refractivity contribution is 5.94. The molecule has 0 aliphatic carbocycles. The molecule has 3 rings (SSSR count). The van der Waals surface area contributed by atoms with Crippen molar-refractivity contribution < 1.29 is 28.8 Å². The second-order valence-corrected chi connectivity index (χ2v) is 7.69. The lowest BCUT2D eigenvalue weighted by atomic mass is 10.1. The number of benzene rings is 2. The molecule has 0 radical (unpaired) electrons. The quantitative estimate of drug-likeness (QED) is 0.569. The van der Waals surface area contributed by atoms with Gasteiger partial charge in [0.05, 0.1) is 27.0 Å². The van der Waals surface area contributed by atoms with Crippen LogP contribution in [-0.4, -0.2) is 59.5 Å². The normalized spacial score (nSPS) is 19.6. The van der Waals surface area contributed by atoms with E-state index in [0.717, 1.165) is 44.2 Å². The SMILES string of the molecule is COc1ccccc1NC(=O)[C@@H](C)[NH+]1CC[NH+](Cc2ccc(OC)c(OC)c2)CC1. The Labute approximate surface area is 178 Å². The van der Waals surface area contributed by atoms with Crippen LogP contribution in [0.2, 0.25) is 0 Å². The summed E-state index contributed by atoms with van der Waals surface area (Å²) in [5.74, 6) is 2.22. The summed E-state index contributed by atoms with van der Waals surface area (Å²) in [5.41, 5.74) is 1.95. The van der Waals surface area contributed by atoms with Crippen LogP contribution in [0, 0.1) is 0 Å². The molecule has 1 aliphatic heterocycles. The first-order valence-corrected chi connectivity index (χ1v) is 10.4. The van der Waals surface area contributed by atoms with Gasteiger partial charge in [-0.15, -0.1) is 0 Å². The van der Waals surface area contributed by atoms with E-state index in [1.165, 1.54) is 15.4 Å². The van der Waals surface area contributed by atoms with Gasteiger partial charge in [0.25, 0.3) is 5.91 Å². The number of nitrogens with one attached hydrogen (secondary N) is 3. The zero-order chi connectivity index (χ0) is 21.5. The molecule has 7 heteroatoms. The lowest BCUT2D eigenvalue weighted by Gasteiger charge is -2.32. The van der Waals surface area contributed by atoms with E-state index in [1.807, 2.05) is 43.3 Å². The van der Waals surface area contributed by atoms with E-state index in [9.17, 15) is 4.79 Å². The number of carbonyl (C=O) groups is 1. The monoisotopic (exact) mass is 415 g/mol. The number of quaternary nitrogens is 2. The predicted octanol–water partition coefficient (Wildman–Crippen LogP) is 0.0230. The number of hydrogen-bond acceptors (Lipinski definition) is 4. The van der Waals surface area contributed by atoms with Crippen molar-refractivity contribution in [1.29, 1.82) is 0 Å². The van der Waals surface area contributed by atoms with Crippen LogP contribution < -0.4 is 29.3 Å². The Balaban J connectivity index is 1.53. The van der Waals surface area contributed by atoms with E-state index in [1.54, 1.807) is 21.3 Å². The minimum atomic E-state index is -0.113. The highest BCUT2D eigenvalue weighted by Crippen LogP contribution is 2.27. The van der Waals surface area contributed by atoms with Crippen molar-refractivity contribution in [2.45, 2.75) is 19.5 Å². The predicted molar refractivity (Wildman–Crippen MR) is 116 cm³/mol. The molecule has 1 atom stereocenters. The number of carbonyl (C=O) groups excluding carboxylic acids is 1. The second kappa shape index (κ2) is 10.3. The van der Waals surface area contributed by atoms with Gasteiger partial charge in [-0.05, 0) is 37.3 Å². The minimum Gasteiger partial charge on any atom is -0.495 e. The van der Waals surface area contributed by atoms with Crippen molar-refractivity contribution in [2.24, 2.45) is 0 Å². The number of amides is 1. The Hall–Kier alpha value is -2.77. The molecule has 1 saturated heterocycles. The summed E-state index contributed by atoms with van der Waals surface area (Å²) in [6.07, 6.45) is 0. The van der Waals surface area contributed by atoms with Crippen molar-refractivity contribution in [3.63, 3.8) is 0 Å². The summed E-state index contributed by atoms with van der Waals surface area (Å²) in [6.45, 7) is 6.91. The fourth-order valence-electron chi connectivity index (χ4n) is 3.99. The van der Waals surface area contributed by atoms with Gasteiger partial charge < -0.3 is 29.3 Å². The van der Waals surface area contributed by atoms with E-state index in [-0.39, 0.29) is 11.9 Å². The molecule has 1 amide bonds. The molecular weight excluding hydrogens is 382 g/mol. The van der Waals surface area contributed by atoms with Gasteiger partial charge in [-0.2, -0.15) is 0 Å². The van der Waals surface area contributed by atoms with Crippen LogP contribution in [0.4, 0.5) is 5.69 Å². The van der Waals surface area contributed by atoms with Crippen molar-refractivity contribution >= 4 is 11.6 Å². The fraction of sp³-hybridized carbons (Fsp3) is 0.435. The number of anilines is 1. The topological polar surface area (TPSA) is 65.7 Å². The maximum absolute atomic E-state index is 12.8. The summed E-state index contributed by atoms with van der Waals surface area (Å²) < 4.78 is 16.1. The molecule has 1 aliphatic rings. The standard InChI is InChI=1S/C23H31N3O4/c1-17(23(27)24-19-7-5-6-8-20(19)28-2)26-13-11-25(12-14-26)16-18-9-10-21(29-3)22(15-18)30-4/h5-10,15,17H,11-14,16H2,1-4H3,(H,24,27)/p+2/t17-/m1/s1. The Kier molecular flexibility index (Phi) is 7.54. The van der Waals surface area contributed by atoms with Gasteiger partial charge in [-0.25, -0.2) is 0 Å². The maximum atomic E-state index is 12.8. The third kappa shape index (κ3) is 5.23. The van der Waals surface area contributed by atoms with Crippen LogP contribution in [-0.2, 0) is 11.3 Å². The lowest BCUT2D eigenvalue weighted by molar-refractivity contribution is -1.02. The van der Waals surface area contributed by atoms with E-state index in [2.05, 4.69) is 11.4 Å². The number of para-hydroxylation sites is 2. The number of ether oxygens (including phenoxy) is 3. The van der Waals surface area contributed by atoms with Crippen LogP contribution in [0.3, 0.4) is 0 Å². The maximum Gasteiger partial charge on any atom is 0.282 e. The van der Waals surface area contributed by atoms with Gasteiger partial charge in [-0.3, -0.25) is 4.79 Å². The van der Waals surface area contributed by atoms with Crippen LogP contribution in [0.15, 0.2) is 42.5 Å². The molecule has 0 aromatic heterocycles. The zero-order valence-electron chi connectivity index (χ0n) is 18.3. The largest absolute Gasteiger partial charge is 0.495 e. The summed E-state index contributed by atoms with van der Waals surface area (Å²) >= 11 is 0. The molecule has 2 aromatic carbocycles. The number of hydrogen-bond donors (Lipinski definition) is 3. The molecule has 0 saturated carbocycles. The van der Waals surface area contributed by atoms with Crippen molar-refractivity contribution in [3.05, 3.63) is 48.0 Å². The van der Waals surface area contributed by atoms with Crippen LogP contribution in [0.1, 0.15) is 12.5 Å². The molecule has 7 nitrogen and oxygen atoms in total. The van der Waals surface area contributed by atoms with Gasteiger partial charge in [0.1, 0.15) is 38.5 Å². The van der Waals surface area contributed by atoms with E-state index in [0.29, 0.717) is 11.4 Å². The highest BCUT2D eigenvalue weighted by Gasteiger charge is 2.31. The molecule has 1 fully saturated rings. The van der Waals surface area contributed by atoms with Gasteiger partial charge in [0.15, 0.2) is 17.5 Å². The van der Waals surface area contributed by atoms with Crippen LogP contribution >= 0.6 is 0 Å². The summed E-state index contributed by atoms with van der Waals surface area (Å²) in [5, 5.41) is 3.02. The Morgan fingerprint density at radius 1 is 0.933 bits per heavy atom. The van der Waals surface area contributed by atoms with Crippen molar-refractivity contribution in [3.8, 4) is 17.2 Å². The third-order valence-corrected chi connectivity index (χ3v) is 5.87. The molecule has 2 aromatic rings. The van der Waals surface area contributed by atoms with Gasteiger partial charge in [-0.1, -0.05) is 12.1 Å². The van der Waals surface area contributed by atoms with Crippen LogP contribution in [0.5, 0.6) is 17.2 Å². The third-order valence-electron chi connectivity index (χ3n) is 5.87. The second-order valence-electron chi connectivity index (χ2n) is 7.69. The molecule has 0 spiro atoms. The molecule has 30 heavy (non-hydrogen) atoms. The average molecular weight is 416 g/mol. The molecule has 162 valence electrons. The molecule has 0 unspecified atom stereocenters.